The van der Waals surface area contributed by atoms with Crippen molar-refractivity contribution < 1.29 is 8.42 Å². The SMILES string of the molecule is CSCC(C)CNS(=O)(=O)c1ccnc(Cl)c1. The summed E-state index contributed by atoms with van der Waals surface area (Å²) in [6, 6.07) is 2.76. The summed E-state index contributed by atoms with van der Waals surface area (Å²) in [5.74, 6) is 1.21. The minimum atomic E-state index is -3.48. The topological polar surface area (TPSA) is 59.1 Å². The van der Waals surface area contributed by atoms with Crippen molar-refractivity contribution in [2.75, 3.05) is 18.6 Å². The Kier molecular flexibility index (Phi) is 5.72. The summed E-state index contributed by atoms with van der Waals surface area (Å²) in [7, 11) is -3.48. The number of thioether (sulfide) groups is 1. The zero-order chi connectivity index (χ0) is 12.9. The van der Waals surface area contributed by atoms with Crippen LogP contribution in [0.3, 0.4) is 0 Å². The van der Waals surface area contributed by atoms with Gasteiger partial charge in [-0.2, -0.15) is 11.8 Å². The molecule has 0 saturated carbocycles. The van der Waals surface area contributed by atoms with Crippen LogP contribution in [0.2, 0.25) is 5.15 Å². The Morgan fingerprint density at radius 3 is 2.88 bits per heavy atom. The molecule has 0 aromatic carbocycles. The maximum Gasteiger partial charge on any atom is 0.240 e. The largest absolute Gasteiger partial charge is 0.244 e. The van der Waals surface area contributed by atoms with Crippen molar-refractivity contribution in [2.24, 2.45) is 5.92 Å². The Labute approximate surface area is 111 Å². The normalized spacial score (nSPS) is 13.6. The van der Waals surface area contributed by atoms with Gasteiger partial charge in [-0.1, -0.05) is 18.5 Å². The van der Waals surface area contributed by atoms with Gasteiger partial charge >= 0.3 is 0 Å². The lowest BCUT2D eigenvalue weighted by atomic mass is 10.2. The third-order valence-corrected chi connectivity index (χ3v) is 4.61. The molecule has 1 aromatic rings. The number of nitrogens with one attached hydrogen (secondary N) is 1. The maximum absolute atomic E-state index is 11.9. The fraction of sp³-hybridized carbons (Fsp3) is 0.500. The Hall–Kier alpha value is -0.300. The second-order valence-corrected chi connectivity index (χ2v) is 6.79. The zero-order valence-electron chi connectivity index (χ0n) is 9.68. The number of pyridine rings is 1. The van der Waals surface area contributed by atoms with E-state index in [0.717, 1.165) is 5.75 Å². The highest BCUT2D eigenvalue weighted by atomic mass is 35.5. The van der Waals surface area contributed by atoms with Crippen LogP contribution >= 0.6 is 23.4 Å². The molecule has 0 saturated heterocycles. The number of hydrogen-bond acceptors (Lipinski definition) is 4. The first-order chi connectivity index (χ1) is 7.95. The quantitative estimate of drug-likeness (QED) is 0.816. The number of hydrogen-bond donors (Lipinski definition) is 1. The van der Waals surface area contributed by atoms with Gasteiger partial charge in [0.1, 0.15) is 5.15 Å². The van der Waals surface area contributed by atoms with Gasteiger partial charge in [0.15, 0.2) is 0 Å². The Morgan fingerprint density at radius 1 is 1.59 bits per heavy atom. The highest BCUT2D eigenvalue weighted by molar-refractivity contribution is 7.98. The van der Waals surface area contributed by atoms with Crippen molar-refractivity contribution in [3.05, 3.63) is 23.5 Å². The smallest absolute Gasteiger partial charge is 0.240 e. The molecule has 0 spiro atoms. The predicted molar refractivity (Wildman–Crippen MR) is 72.0 cm³/mol. The van der Waals surface area contributed by atoms with Crippen LogP contribution in [0.1, 0.15) is 6.92 Å². The first kappa shape index (κ1) is 14.8. The first-order valence-corrected chi connectivity index (χ1v) is 8.31. The molecule has 1 unspecified atom stereocenters. The number of nitrogens with zero attached hydrogens (tertiary/aromatic N) is 1. The van der Waals surface area contributed by atoms with Crippen molar-refractivity contribution in [1.82, 2.24) is 9.71 Å². The average molecular weight is 295 g/mol. The molecule has 0 aliphatic rings. The van der Waals surface area contributed by atoms with Crippen LogP contribution in [0.25, 0.3) is 0 Å². The third-order valence-electron chi connectivity index (χ3n) is 2.08. The van der Waals surface area contributed by atoms with Crippen LogP contribution in [0, 0.1) is 5.92 Å². The lowest BCUT2D eigenvalue weighted by molar-refractivity contribution is 0.562. The van der Waals surface area contributed by atoms with Crippen LogP contribution in [0.15, 0.2) is 23.2 Å². The van der Waals surface area contributed by atoms with Gasteiger partial charge in [-0.15, -0.1) is 0 Å². The maximum atomic E-state index is 11.9. The van der Waals surface area contributed by atoms with E-state index in [0.29, 0.717) is 6.54 Å². The van der Waals surface area contributed by atoms with E-state index in [1.165, 1.54) is 18.3 Å². The molecule has 1 atom stereocenters. The van der Waals surface area contributed by atoms with E-state index < -0.39 is 10.0 Å². The lowest BCUT2D eigenvalue weighted by Crippen LogP contribution is -2.29. The van der Waals surface area contributed by atoms with E-state index in [1.807, 2.05) is 13.2 Å². The average Bonchev–Trinajstić information content (AvgIpc) is 2.27. The van der Waals surface area contributed by atoms with Crippen molar-refractivity contribution in [1.29, 1.82) is 0 Å². The van der Waals surface area contributed by atoms with Gasteiger partial charge < -0.3 is 0 Å². The third kappa shape index (κ3) is 4.83. The van der Waals surface area contributed by atoms with Gasteiger partial charge in [-0.25, -0.2) is 18.1 Å². The second-order valence-electron chi connectivity index (χ2n) is 3.73. The molecule has 0 aliphatic heterocycles. The number of halogens is 1. The van der Waals surface area contributed by atoms with Gasteiger partial charge in [0.25, 0.3) is 0 Å². The fourth-order valence-corrected chi connectivity index (χ4v) is 3.33. The summed E-state index contributed by atoms with van der Waals surface area (Å²) in [4.78, 5) is 3.89. The minimum Gasteiger partial charge on any atom is -0.244 e. The molecule has 0 aliphatic carbocycles. The Balaban J connectivity index is 2.69. The van der Waals surface area contributed by atoms with E-state index in [2.05, 4.69) is 9.71 Å². The summed E-state index contributed by atoms with van der Waals surface area (Å²) >= 11 is 7.35. The van der Waals surface area contributed by atoms with Crippen molar-refractivity contribution >= 4 is 33.4 Å². The summed E-state index contributed by atoms with van der Waals surface area (Å²) in [6.45, 7) is 2.42. The van der Waals surface area contributed by atoms with Crippen molar-refractivity contribution in [3.8, 4) is 0 Å². The van der Waals surface area contributed by atoms with Gasteiger partial charge in [-0.3, -0.25) is 0 Å². The van der Waals surface area contributed by atoms with Crippen LogP contribution in [-0.2, 0) is 10.0 Å². The number of rotatable bonds is 6. The number of sulfonamides is 1. The highest BCUT2D eigenvalue weighted by Crippen LogP contribution is 2.13. The molecule has 1 heterocycles. The molecule has 1 aromatic heterocycles. The summed E-state index contributed by atoms with van der Waals surface area (Å²) < 4.78 is 26.3. The van der Waals surface area contributed by atoms with Crippen LogP contribution in [0.5, 0.6) is 0 Å². The van der Waals surface area contributed by atoms with Crippen LogP contribution in [0.4, 0.5) is 0 Å². The van der Waals surface area contributed by atoms with Crippen molar-refractivity contribution in [2.45, 2.75) is 11.8 Å². The van der Waals surface area contributed by atoms with Gasteiger partial charge in [-0.05, 0) is 30.1 Å². The molecular formula is C10H15ClN2O2S2. The van der Waals surface area contributed by atoms with E-state index in [4.69, 9.17) is 11.6 Å². The fourth-order valence-electron chi connectivity index (χ4n) is 1.23. The Bertz CT molecular complexity index is 465. The zero-order valence-corrected chi connectivity index (χ0v) is 12.1. The first-order valence-electron chi connectivity index (χ1n) is 5.06. The van der Waals surface area contributed by atoms with E-state index in [1.54, 1.807) is 11.8 Å². The monoisotopic (exact) mass is 294 g/mol. The van der Waals surface area contributed by atoms with E-state index >= 15 is 0 Å². The van der Waals surface area contributed by atoms with Gasteiger partial charge in [0.05, 0.1) is 4.90 Å². The Morgan fingerprint density at radius 2 is 2.29 bits per heavy atom. The number of aromatic nitrogens is 1. The van der Waals surface area contributed by atoms with E-state index in [9.17, 15) is 8.42 Å². The van der Waals surface area contributed by atoms with Crippen LogP contribution < -0.4 is 4.72 Å². The predicted octanol–water partition coefficient (Wildman–Crippen LogP) is 2.01. The van der Waals surface area contributed by atoms with Gasteiger partial charge in [0.2, 0.25) is 10.0 Å². The van der Waals surface area contributed by atoms with Crippen molar-refractivity contribution in [3.63, 3.8) is 0 Å². The summed E-state index contributed by atoms with van der Waals surface area (Å²) in [5.41, 5.74) is 0. The molecule has 0 radical (unpaired) electrons. The molecule has 0 fully saturated rings. The molecule has 7 heteroatoms. The van der Waals surface area contributed by atoms with Crippen LogP contribution in [-0.4, -0.2) is 32.0 Å². The molecule has 0 amide bonds. The van der Waals surface area contributed by atoms with Gasteiger partial charge in [0, 0.05) is 12.7 Å². The molecule has 1 rings (SSSR count). The molecule has 0 bridgehead atoms. The molecule has 17 heavy (non-hydrogen) atoms. The molecular weight excluding hydrogens is 280 g/mol. The standard InChI is InChI=1S/C10H15ClN2O2S2/c1-8(7-16-2)6-13-17(14,15)9-3-4-12-10(11)5-9/h3-5,8,13H,6-7H2,1-2H3. The second kappa shape index (κ2) is 6.58. The highest BCUT2D eigenvalue weighted by Gasteiger charge is 2.15. The van der Waals surface area contributed by atoms with E-state index in [-0.39, 0.29) is 16.0 Å². The summed E-state index contributed by atoms with van der Waals surface area (Å²) in [5, 5.41) is 0.171. The molecule has 96 valence electrons. The molecule has 1 N–H and O–H groups in total. The lowest BCUT2D eigenvalue weighted by Gasteiger charge is -2.11. The summed E-state index contributed by atoms with van der Waals surface area (Å²) in [6.07, 6.45) is 3.37. The minimum absolute atomic E-state index is 0.147. The molecule has 4 nitrogen and oxygen atoms in total.